The van der Waals surface area contributed by atoms with Crippen LogP contribution >= 0.6 is 34.5 Å². The molecule has 1 atom stereocenters. The van der Waals surface area contributed by atoms with Gasteiger partial charge in [-0.2, -0.15) is 5.26 Å². The third-order valence-electron chi connectivity index (χ3n) is 4.94. The maximum atomic E-state index is 11.7. The lowest BCUT2D eigenvalue weighted by atomic mass is 9.92. The molecule has 2 aromatic carbocycles. The fraction of sp³-hybridized carbons (Fsp3) is 0.320. The fourth-order valence-corrected chi connectivity index (χ4v) is 4.32. The molecule has 0 aliphatic carbocycles. The number of esters is 1. The minimum atomic E-state index is -0.427. The molecule has 0 aliphatic rings. The fourth-order valence-electron chi connectivity index (χ4n) is 3.28. The number of benzene rings is 2. The van der Waals surface area contributed by atoms with E-state index in [1.807, 2.05) is 36.4 Å². The number of thiazole rings is 1. The van der Waals surface area contributed by atoms with Crippen molar-refractivity contribution >= 4 is 40.5 Å². The number of hydrogen-bond acceptors (Lipinski definition) is 7. The highest BCUT2D eigenvalue weighted by molar-refractivity contribution is 7.09. The van der Waals surface area contributed by atoms with Crippen molar-refractivity contribution in [2.45, 2.75) is 32.8 Å². The van der Waals surface area contributed by atoms with E-state index in [2.05, 4.69) is 18.0 Å². The van der Waals surface area contributed by atoms with Gasteiger partial charge in [-0.1, -0.05) is 30.7 Å². The molecule has 0 unspecified atom stereocenters. The average molecular weight is 519 g/mol. The van der Waals surface area contributed by atoms with E-state index in [4.69, 9.17) is 37.4 Å². The minimum absolute atomic E-state index is 0.134. The van der Waals surface area contributed by atoms with Crippen molar-refractivity contribution in [2.75, 3.05) is 19.1 Å². The molecule has 0 saturated carbocycles. The van der Waals surface area contributed by atoms with Crippen LogP contribution in [0, 0.1) is 11.3 Å². The Morgan fingerprint density at radius 1 is 1.24 bits per heavy atom. The third kappa shape index (κ3) is 6.86. The smallest absolute Gasteiger partial charge is 0.357 e. The lowest BCUT2D eigenvalue weighted by molar-refractivity contribution is 0.0520. The Labute approximate surface area is 213 Å². The van der Waals surface area contributed by atoms with Crippen LogP contribution in [0.2, 0.25) is 5.02 Å². The van der Waals surface area contributed by atoms with Gasteiger partial charge in [0.25, 0.3) is 0 Å². The highest BCUT2D eigenvalue weighted by Crippen LogP contribution is 2.34. The van der Waals surface area contributed by atoms with E-state index >= 15 is 0 Å². The summed E-state index contributed by atoms with van der Waals surface area (Å²) < 4.78 is 16.3. The normalized spacial score (nSPS) is 11.5. The van der Waals surface area contributed by atoms with E-state index in [0.29, 0.717) is 45.3 Å². The van der Waals surface area contributed by atoms with Gasteiger partial charge < -0.3 is 14.2 Å². The summed E-state index contributed by atoms with van der Waals surface area (Å²) in [6.07, 6.45) is 0.763. The molecule has 1 aromatic heterocycles. The zero-order chi connectivity index (χ0) is 24.5. The first-order valence-corrected chi connectivity index (χ1v) is 12.5. The third-order valence-corrected chi connectivity index (χ3v) is 6.20. The van der Waals surface area contributed by atoms with E-state index in [1.165, 1.54) is 11.3 Å². The largest absolute Gasteiger partial charge is 0.489 e. The molecule has 6 nitrogen and oxygen atoms in total. The number of carbonyl (C=O) groups excluding carboxylic acids is 1. The lowest BCUT2D eigenvalue weighted by Gasteiger charge is -2.16. The number of ether oxygens (including phenoxy) is 3. The van der Waals surface area contributed by atoms with Crippen molar-refractivity contribution in [1.82, 2.24) is 4.98 Å². The second kappa shape index (κ2) is 12.6. The zero-order valence-electron chi connectivity index (χ0n) is 18.8. The highest BCUT2D eigenvalue weighted by atomic mass is 35.5. The van der Waals surface area contributed by atoms with Crippen LogP contribution in [-0.4, -0.2) is 30.0 Å². The summed E-state index contributed by atoms with van der Waals surface area (Å²) in [5.41, 5.74) is 2.78. The predicted molar refractivity (Wildman–Crippen MR) is 133 cm³/mol. The Balaban J connectivity index is 1.60. The molecule has 0 amide bonds. The Kier molecular flexibility index (Phi) is 9.58. The monoisotopic (exact) mass is 518 g/mol. The predicted octanol–water partition coefficient (Wildman–Crippen LogP) is 6.39. The van der Waals surface area contributed by atoms with Crippen LogP contribution in [-0.2, 0) is 17.8 Å². The Morgan fingerprint density at radius 3 is 2.68 bits per heavy atom. The molecule has 9 heteroatoms. The Hall–Kier alpha value is -2.79. The summed E-state index contributed by atoms with van der Waals surface area (Å²) in [6.45, 7) is 4.71. The van der Waals surface area contributed by atoms with Gasteiger partial charge in [-0.15, -0.1) is 22.9 Å². The standard InChI is InChI=1S/C25H24Cl2N2O4S/c1-3-31-25(30)22-15-34-23(29-22)14-33-20-6-4-17(5-7-20)10-16(2)18-11-19(13-28)24(21(27)12-18)32-9-8-26/h4-7,11-12,15-16H,3,8-10,14H2,1-2H3/t16-/m1/s1. The summed E-state index contributed by atoms with van der Waals surface area (Å²) in [5, 5.41) is 12.3. The van der Waals surface area contributed by atoms with Gasteiger partial charge in [0.2, 0.25) is 0 Å². The molecule has 0 N–H and O–H groups in total. The topological polar surface area (TPSA) is 81.4 Å². The van der Waals surface area contributed by atoms with Gasteiger partial charge in [-0.05, 0) is 54.7 Å². The molecule has 3 aromatic rings. The van der Waals surface area contributed by atoms with Crippen LogP contribution in [0.5, 0.6) is 11.5 Å². The number of alkyl halides is 1. The van der Waals surface area contributed by atoms with Crippen molar-refractivity contribution in [2.24, 2.45) is 0 Å². The molecule has 1 heterocycles. The van der Waals surface area contributed by atoms with Crippen LogP contribution in [0.25, 0.3) is 0 Å². The SMILES string of the molecule is CCOC(=O)c1csc(COc2ccc(C[C@@H](C)c3cc(Cl)c(OCCCl)c(C#N)c3)cc2)n1. The van der Waals surface area contributed by atoms with Crippen LogP contribution in [0.1, 0.15) is 52.0 Å². The zero-order valence-corrected chi connectivity index (χ0v) is 21.2. The van der Waals surface area contributed by atoms with Gasteiger partial charge >= 0.3 is 5.97 Å². The summed E-state index contributed by atoms with van der Waals surface area (Å²) in [7, 11) is 0. The summed E-state index contributed by atoms with van der Waals surface area (Å²) in [6, 6.07) is 13.6. The van der Waals surface area contributed by atoms with E-state index in [9.17, 15) is 10.1 Å². The minimum Gasteiger partial charge on any atom is -0.489 e. The number of rotatable bonds is 11. The Bertz CT molecular complexity index is 1160. The van der Waals surface area contributed by atoms with E-state index in [-0.39, 0.29) is 19.1 Å². The molecule has 0 fully saturated rings. The second-order valence-corrected chi connectivity index (χ2v) is 9.14. The van der Waals surface area contributed by atoms with Crippen molar-refractivity contribution in [3.63, 3.8) is 0 Å². The van der Waals surface area contributed by atoms with Crippen LogP contribution in [0.15, 0.2) is 41.8 Å². The van der Waals surface area contributed by atoms with Crippen molar-refractivity contribution < 1.29 is 19.0 Å². The van der Waals surface area contributed by atoms with Gasteiger partial charge in [-0.3, -0.25) is 0 Å². The highest BCUT2D eigenvalue weighted by Gasteiger charge is 2.16. The maximum Gasteiger partial charge on any atom is 0.357 e. The molecule has 0 radical (unpaired) electrons. The molecular formula is C25H24Cl2N2O4S. The van der Waals surface area contributed by atoms with E-state index < -0.39 is 5.97 Å². The molecule has 34 heavy (non-hydrogen) atoms. The first kappa shape index (κ1) is 25.8. The molecule has 0 bridgehead atoms. The number of aromatic nitrogens is 1. The first-order valence-electron chi connectivity index (χ1n) is 10.7. The molecule has 0 saturated heterocycles. The van der Waals surface area contributed by atoms with Gasteiger partial charge in [-0.25, -0.2) is 9.78 Å². The molecule has 178 valence electrons. The number of nitriles is 1. The Morgan fingerprint density at radius 2 is 2.00 bits per heavy atom. The maximum absolute atomic E-state index is 11.7. The molecule has 0 aliphatic heterocycles. The number of carbonyl (C=O) groups is 1. The molecular weight excluding hydrogens is 495 g/mol. The van der Waals surface area contributed by atoms with Crippen molar-refractivity contribution in [3.05, 3.63) is 74.2 Å². The molecule has 0 spiro atoms. The number of nitrogens with zero attached hydrogens (tertiary/aromatic N) is 2. The van der Waals surface area contributed by atoms with Crippen molar-refractivity contribution in [1.29, 1.82) is 5.26 Å². The molecule has 3 rings (SSSR count). The number of halogens is 2. The first-order chi connectivity index (χ1) is 16.4. The summed E-state index contributed by atoms with van der Waals surface area (Å²) >= 11 is 13.4. The average Bonchev–Trinajstić information content (AvgIpc) is 3.32. The van der Waals surface area contributed by atoms with Gasteiger partial charge in [0.05, 0.1) is 23.1 Å². The van der Waals surface area contributed by atoms with Crippen molar-refractivity contribution in [3.8, 4) is 17.6 Å². The van der Waals surface area contributed by atoms with Crippen LogP contribution < -0.4 is 9.47 Å². The van der Waals surface area contributed by atoms with Gasteiger partial charge in [0.15, 0.2) is 11.4 Å². The van der Waals surface area contributed by atoms with Crippen LogP contribution in [0.4, 0.5) is 0 Å². The summed E-state index contributed by atoms with van der Waals surface area (Å²) in [5.74, 6) is 1.10. The quantitative estimate of drug-likeness (QED) is 0.216. The van der Waals surface area contributed by atoms with Gasteiger partial charge in [0, 0.05) is 5.38 Å². The number of hydrogen-bond donors (Lipinski definition) is 0. The second-order valence-electron chi connectivity index (χ2n) is 7.41. The van der Waals surface area contributed by atoms with Crippen LogP contribution in [0.3, 0.4) is 0 Å². The summed E-state index contributed by atoms with van der Waals surface area (Å²) in [4.78, 5) is 16.0. The lowest BCUT2D eigenvalue weighted by Crippen LogP contribution is -2.05. The van der Waals surface area contributed by atoms with E-state index in [1.54, 1.807) is 12.3 Å². The van der Waals surface area contributed by atoms with Gasteiger partial charge in [0.1, 0.15) is 30.0 Å². The van der Waals surface area contributed by atoms with E-state index in [0.717, 1.165) is 17.5 Å².